The van der Waals surface area contributed by atoms with Crippen LogP contribution in [0.3, 0.4) is 0 Å². The molecule has 0 N–H and O–H groups in total. The van der Waals surface area contributed by atoms with E-state index in [-0.39, 0.29) is 12.4 Å². The number of rotatable bonds is 0. The zero-order chi connectivity index (χ0) is 10.3. The van der Waals surface area contributed by atoms with Crippen molar-refractivity contribution in [3.8, 4) is 5.75 Å². The number of ether oxygens (including phenoxy) is 1. The minimum Gasteiger partial charge on any atom is -0.491 e. The van der Waals surface area contributed by atoms with E-state index in [0.29, 0.717) is 0 Å². The van der Waals surface area contributed by atoms with Crippen LogP contribution in [0.5, 0.6) is 5.75 Å². The number of nitrogens with zero attached hydrogens (tertiary/aromatic N) is 1. The standard InChI is InChI=1S/C13H13NO.ClH/c1-9-10-5-2-3-6-11(10)14-12-7-4-8-15-13(9)12;/h2-3,5-6H,4,7-8H2,1H3;1H. The highest BCUT2D eigenvalue weighted by Crippen LogP contribution is 2.32. The fourth-order valence-corrected chi connectivity index (χ4v) is 2.20. The lowest BCUT2D eigenvalue weighted by Gasteiger charge is -2.19. The van der Waals surface area contributed by atoms with Crippen molar-refractivity contribution >= 4 is 23.3 Å². The monoisotopic (exact) mass is 235 g/mol. The highest BCUT2D eigenvalue weighted by molar-refractivity contribution is 5.85. The Hall–Kier alpha value is -1.28. The van der Waals surface area contributed by atoms with E-state index in [1.165, 1.54) is 10.9 Å². The van der Waals surface area contributed by atoms with Crippen molar-refractivity contribution < 1.29 is 4.74 Å². The summed E-state index contributed by atoms with van der Waals surface area (Å²) < 4.78 is 5.70. The second-order valence-corrected chi connectivity index (χ2v) is 3.98. The molecule has 84 valence electrons. The molecule has 1 aliphatic heterocycles. The van der Waals surface area contributed by atoms with E-state index in [1.807, 2.05) is 12.1 Å². The minimum atomic E-state index is 0. The maximum absolute atomic E-state index is 5.70. The third-order valence-corrected chi connectivity index (χ3v) is 2.97. The van der Waals surface area contributed by atoms with Gasteiger partial charge in [-0.2, -0.15) is 0 Å². The summed E-state index contributed by atoms with van der Waals surface area (Å²) >= 11 is 0. The number of hydrogen-bond donors (Lipinski definition) is 0. The van der Waals surface area contributed by atoms with Gasteiger partial charge in [-0.25, -0.2) is 4.98 Å². The molecule has 1 aromatic carbocycles. The molecule has 0 unspecified atom stereocenters. The van der Waals surface area contributed by atoms with E-state index in [4.69, 9.17) is 4.74 Å². The Labute approximate surface area is 101 Å². The lowest BCUT2D eigenvalue weighted by Crippen LogP contribution is -2.11. The second-order valence-electron chi connectivity index (χ2n) is 3.98. The van der Waals surface area contributed by atoms with E-state index < -0.39 is 0 Å². The molecule has 1 aliphatic rings. The van der Waals surface area contributed by atoms with E-state index in [9.17, 15) is 0 Å². The predicted octanol–water partition coefficient (Wildman–Crippen LogP) is 3.29. The molecule has 1 aromatic heterocycles. The van der Waals surface area contributed by atoms with E-state index in [2.05, 4.69) is 24.0 Å². The molecule has 0 spiro atoms. The Morgan fingerprint density at radius 1 is 1.25 bits per heavy atom. The van der Waals surface area contributed by atoms with Crippen molar-refractivity contribution in [3.63, 3.8) is 0 Å². The largest absolute Gasteiger partial charge is 0.491 e. The van der Waals surface area contributed by atoms with Crippen LogP contribution >= 0.6 is 12.4 Å². The van der Waals surface area contributed by atoms with Gasteiger partial charge >= 0.3 is 0 Å². The Morgan fingerprint density at radius 3 is 2.94 bits per heavy atom. The fourth-order valence-electron chi connectivity index (χ4n) is 2.20. The average Bonchev–Trinajstić information content (AvgIpc) is 2.30. The molecule has 0 fully saturated rings. The SMILES string of the molecule is Cc1c2c(nc3ccccc13)CCCO2.Cl. The van der Waals surface area contributed by atoms with Gasteiger partial charge in [0.05, 0.1) is 17.8 Å². The highest BCUT2D eigenvalue weighted by Gasteiger charge is 2.16. The number of benzene rings is 1. The van der Waals surface area contributed by atoms with Crippen LogP contribution in [0.2, 0.25) is 0 Å². The van der Waals surface area contributed by atoms with Gasteiger partial charge < -0.3 is 4.74 Å². The molecule has 0 bridgehead atoms. The highest BCUT2D eigenvalue weighted by atomic mass is 35.5. The van der Waals surface area contributed by atoms with Gasteiger partial charge in [0.2, 0.25) is 0 Å². The maximum Gasteiger partial charge on any atom is 0.144 e. The van der Waals surface area contributed by atoms with Crippen molar-refractivity contribution in [1.29, 1.82) is 0 Å². The van der Waals surface area contributed by atoms with Crippen LogP contribution in [0.25, 0.3) is 10.9 Å². The van der Waals surface area contributed by atoms with Gasteiger partial charge in [0.1, 0.15) is 5.75 Å². The average molecular weight is 236 g/mol. The lowest BCUT2D eigenvalue weighted by atomic mass is 10.0. The fraction of sp³-hybridized carbons (Fsp3) is 0.308. The van der Waals surface area contributed by atoms with Gasteiger partial charge in [0, 0.05) is 10.9 Å². The molecule has 0 amide bonds. The van der Waals surface area contributed by atoms with Crippen LogP contribution in [-0.4, -0.2) is 11.6 Å². The third kappa shape index (κ3) is 1.63. The predicted molar refractivity (Wildman–Crippen MR) is 67.5 cm³/mol. The van der Waals surface area contributed by atoms with Crippen molar-refractivity contribution in [2.24, 2.45) is 0 Å². The molecule has 16 heavy (non-hydrogen) atoms. The van der Waals surface area contributed by atoms with Crippen molar-refractivity contribution in [3.05, 3.63) is 35.5 Å². The normalized spacial score (nSPS) is 13.8. The molecule has 2 heterocycles. The van der Waals surface area contributed by atoms with Gasteiger partial charge in [-0.3, -0.25) is 0 Å². The summed E-state index contributed by atoms with van der Waals surface area (Å²) in [6.45, 7) is 2.95. The van der Waals surface area contributed by atoms with Gasteiger partial charge in [0.25, 0.3) is 0 Å². The summed E-state index contributed by atoms with van der Waals surface area (Å²) in [6.07, 6.45) is 2.12. The molecule has 0 saturated carbocycles. The van der Waals surface area contributed by atoms with Gasteiger partial charge in [-0.05, 0) is 25.8 Å². The molecular formula is C13H14ClNO. The summed E-state index contributed by atoms with van der Waals surface area (Å²) in [4.78, 5) is 4.65. The summed E-state index contributed by atoms with van der Waals surface area (Å²) in [7, 11) is 0. The number of fused-ring (bicyclic) bond motifs is 2. The van der Waals surface area contributed by atoms with E-state index in [0.717, 1.165) is 36.4 Å². The number of halogens is 1. The first-order valence-corrected chi connectivity index (χ1v) is 5.37. The van der Waals surface area contributed by atoms with E-state index >= 15 is 0 Å². The Bertz CT molecular complexity index is 525. The van der Waals surface area contributed by atoms with Crippen LogP contribution in [0, 0.1) is 6.92 Å². The van der Waals surface area contributed by atoms with Crippen molar-refractivity contribution in [2.75, 3.05) is 6.61 Å². The quantitative estimate of drug-likeness (QED) is 0.699. The third-order valence-electron chi connectivity index (χ3n) is 2.97. The van der Waals surface area contributed by atoms with Gasteiger partial charge in [-0.15, -0.1) is 12.4 Å². The Morgan fingerprint density at radius 2 is 2.06 bits per heavy atom. The summed E-state index contributed by atoms with van der Waals surface area (Å²) in [5.41, 5.74) is 3.44. The molecule has 0 atom stereocenters. The zero-order valence-corrected chi connectivity index (χ0v) is 10.0. The summed E-state index contributed by atoms with van der Waals surface area (Å²) in [5.74, 6) is 1.01. The summed E-state index contributed by atoms with van der Waals surface area (Å²) in [6, 6.07) is 8.25. The van der Waals surface area contributed by atoms with Gasteiger partial charge in [-0.1, -0.05) is 18.2 Å². The van der Waals surface area contributed by atoms with Crippen LogP contribution < -0.4 is 4.74 Å². The second kappa shape index (κ2) is 4.30. The summed E-state index contributed by atoms with van der Waals surface area (Å²) in [5, 5.41) is 1.21. The molecule has 0 saturated heterocycles. The molecule has 2 nitrogen and oxygen atoms in total. The minimum absolute atomic E-state index is 0. The topological polar surface area (TPSA) is 22.1 Å². The van der Waals surface area contributed by atoms with Crippen molar-refractivity contribution in [1.82, 2.24) is 4.98 Å². The van der Waals surface area contributed by atoms with Crippen molar-refractivity contribution in [2.45, 2.75) is 19.8 Å². The first-order chi connectivity index (χ1) is 7.36. The van der Waals surface area contributed by atoms with Crippen LogP contribution in [-0.2, 0) is 6.42 Å². The smallest absolute Gasteiger partial charge is 0.144 e. The maximum atomic E-state index is 5.70. The number of aryl methyl sites for hydroxylation is 2. The van der Waals surface area contributed by atoms with Crippen LogP contribution in [0.4, 0.5) is 0 Å². The van der Waals surface area contributed by atoms with E-state index in [1.54, 1.807) is 0 Å². The number of pyridine rings is 1. The first-order valence-electron chi connectivity index (χ1n) is 5.37. The molecule has 2 aromatic rings. The van der Waals surface area contributed by atoms with Crippen LogP contribution in [0.15, 0.2) is 24.3 Å². The molecular weight excluding hydrogens is 222 g/mol. The number of hydrogen-bond acceptors (Lipinski definition) is 2. The molecule has 3 rings (SSSR count). The molecule has 0 aliphatic carbocycles. The first kappa shape index (κ1) is 11.2. The zero-order valence-electron chi connectivity index (χ0n) is 9.19. The Kier molecular flexibility index (Phi) is 3.01. The molecule has 3 heteroatoms. The van der Waals surface area contributed by atoms with Gasteiger partial charge in [0.15, 0.2) is 0 Å². The lowest BCUT2D eigenvalue weighted by molar-refractivity contribution is 0.283. The number of aromatic nitrogens is 1. The molecule has 0 radical (unpaired) electrons. The Balaban J connectivity index is 0.000000963. The number of para-hydroxylation sites is 1. The van der Waals surface area contributed by atoms with Crippen LogP contribution in [0.1, 0.15) is 17.7 Å².